The van der Waals surface area contributed by atoms with Crippen molar-refractivity contribution in [1.82, 2.24) is 0 Å². The van der Waals surface area contributed by atoms with E-state index in [-0.39, 0.29) is 20.1 Å². The van der Waals surface area contributed by atoms with Crippen LogP contribution in [0.5, 0.6) is 0 Å². The summed E-state index contributed by atoms with van der Waals surface area (Å²) in [5, 5.41) is 8.91. The second kappa shape index (κ2) is 6.85. The minimum Gasteiger partial charge on any atom is -0.218 e. The summed E-state index contributed by atoms with van der Waals surface area (Å²) in [6.45, 7) is 0. The molecule has 0 aliphatic heterocycles. The fourth-order valence-electron chi connectivity index (χ4n) is 2.35. The van der Waals surface area contributed by atoms with Crippen molar-refractivity contribution in [1.29, 1.82) is 5.26 Å². The molecule has 0 aromatic heterocycles. The predicted octanol–water partition coefficient (Wildman–Crippen LogP) is 7.04. The summed E-state index contributed by atoms with van der Waals surface area (Å²) >= 11 is 5.68. The number of nitriles is 1. The molecule has 0 radical (unpaired) electrons. The molecule has 0 aliphatic carbocycles. The first-order valence-corrected chi connectivity index (χ1v) is 8.24. The van der Waals surface area contributed by atoms with E-state index in [4.69, 9.17) is 5.26 Å². The van der Waals surface area contributed by atoms with Crippen molar-refractivity contribution in [2.45, 2.75) is 18.0 Å². The van der Waals surface area contributed by atoms with Gasteiger partial charge in [-0.3, -0.25) is 0 Å². The van der Waals surface area contributed by atoms with Crippen LogP contribution in [0.4, 0.5) is 30.7 Å². The molecule has 2 aromatic carbocycles. The molecule has 10 heteroatoms. The molecule has 0 saturated carbocycles. The minimum atomic E-state index is -6.26. The predicted molar refractivity (Wildman–Crippen MR) is 86.9 cm³/mol. The van der Waals surface area contributed by atoms with Gasteiger partial charge in [0.15, 0.2) is 0 Å². The van der Waals surface area contributed by atoms with Crippen LogP contribution in [0, 0.1) is 11.3 Å². The van der Waals surface area contributed by atoms with Gasteiger partial charge < -0.3 is 0 Å². The van der Waals surface area contributed by atoms with Crippen molar-refractivity contribution < 1.29 is 30.7 Å². The Morgan fingerprint density at radius 2 is 1.42 bits per heavy atom. The normalized spacial score (nSPS) is 12.8. The number of nitrogens with zero attached hydrogens (tertiary/aromatic N) is 1. The molecular weight excluding hydrogens is 499 g/mol. The van der Waals surface area contributed by atoms with E-state index in [1.165, 1.54) is 24.3 Å². The van der Waals surface area contributed by atoms with Gasteiger partial charge in [-0.15, -0.1) is 0 Å². The highest BCUT2D eigenvalue weighted by molar-refractivity contribution is 9.11. The van der Waals surface area contributed by atoms with Crippen molar-refractivity contribution in [2.24, 2.45) is 0 Å². The summed E-state index contributed by atoms with van der Waals surface area (Å²) in [6, 6.07) is 8.18. The van der Waals surface area contributed by atoms with E-state index in [1.54, 1.807) is 6.07 Å². The van der Waals surface area contributed by atoms with E-state index in [0.717, 1.165) is 6.07 Å². The molecule has 138 valence electrons. The summed E-state index contributed by atoms with van der Waals surface area (Å²) in [5.74, 6) is 0. The molecule has 0 amide bonds. The first-order valence-electron chi connectivity index (χ1n) is 6.65. The molecule has 0 bridgehead atoms. The lowest BCUT2D eigenvalue weighted by atomic mass is 9.86. The molecule has 2 aromatic rings. The van der Waals surface area contributed by atoms with Crippen LogP contribution in [0.15, 0.2) is 45.3 Å². The summed E-state index contributed by atoms with van der Waals surface area (Å²) in [5.41, 5.74) is -8.07. The lowest BCUT2D eigenvalue weighted by Gasteiger charge is -2.32. The Bertz CT molecular complexity index is 868. The molecule has 0 aliphatic rings. The van der Waals surface area contributed by atoms with Crippen molar-refractivity contribution in [2.75, 3.05) is 0 Å². The van der Waals surface area contributed by atoms with Crippen LogP contribution in [0.25, 0.3) is 11.1 Å². The SMILES string of the molecule is N#Cc1cccc(-c2c(Br)cc(Br)cc2C(F)(C(F)(F)F)C(F)(F)F)c1. The number of benzene rings is 2. The van der Waals surface area contributed by atoms with Gasteiger partial charge in [0, 0.05) is 20.1 Å². The third-order valence-corrected chi connectivity index (χ3v) is 4.57. The van der Waals surface area contributed by atoms with Gasteiger partial charge in [0.05, 0.1) is 11.6 Å². The lowest BCUT2D eigenvalue weighted by Crippen LogP contribution is -2.50. The van der Waals surface area contributed by atoms with Crippen molar-refractivity contribution in [3.05, 3.63) is 56.5 Å². The molecule has 0 spiro atoms. The molecule has 1 nitrogen and oxygen atoms in total. The summed E-state index contributed by atoms with van der Waals surface area (Å²) in [7, 11) is 0. The fourth-order valence-corrected chi connectivity index (χ4v) is 3.80. The molecule has 0 fully saturated rings. The topological polar surface area (TPSA) is 23.8 Å². The highest BCUT2D eigenvalue weighted by atomic mass is 79.9. The number of hydrogen-bond acceptors (Lipinski definition) is 1. The van der Waals surface area contributed by atoms with E-state index in [9.17, 15) is 30.7 Å². The van der Waals surface area contributed by atoms with Gasteiger partial charge >= 0.3 is 18.0 Å². The first kappa shape index (κ1) is 20.7. The standard InChI is InChI=1S/C16H6Br2F7N/c17-10-5-11(14(19,15(20,21)22)16(23,24)25)13(12(18)6-10)9-3-1-2-8(4-9)7-26/h1-6H. The van der Waals surface area contributed by atoms with E-state index < -0.39 is 29.1 Å². The summed E-state index contributed by atoms with van der Waals surface area (Å²) in [4.78, 5) is 0. The summed E-state index contributed by atoms with van der Waals surface area (Å²) < 4.78 is 93.6. The number of alkyl halides is 7. The maximum Gasteiger partial charge on any atom is 0.435 e. The maximum atomic E-state index is 14.7. The van der Waals surface area contributed by atoms with Crippen molar-refractivity contribution in [3.8, 4) is 17.2 Å². The monoisotopic (exact) mass is 503 g/mol. The zero-order valence-corrected chi connectivity index (χ0v) is 15.5. The molecule has 0 atom stereocenters. The van der Waals surface area contributed by atoms with E-state index in [0.29, 0.717) is 6.07 Å². The van der Waals surface area contributed by atoms with Crippen molar-refractivity contribution >= 4 is 31.9 Å². The van der Waals surface area contributed by atoms with Crippen LogP contribution in [0.2, 0.25) is 0 Å². The minimum absolute atomic E-state index is 0.00764. The zero-order chi connectivity index (χ0) is 19.9. The lowest BCUT2D eigenvalue weighted by molar-refractivity contribution is -0.348. The fraction of sp³-hybridized carbons (Fsp3) is 0.188. The third kappa shape index (κ3) is 3.47. The zero-order valence-electron chi connectivity index (χ0n) is 12.3. The quantitative estimate of drug-likeness (QED) is 0.402. The molecule has 0 N–H and O–H groups in total. The second-order valence-electron chi connectivity index (χ2n) is 5.16. The number of halogens is 9. The molecule has 0 unspecified atom stereocenters. The van der Waals surface area contributed by atoms with Crippen molar-refractivity contribution in [3.63, 3.8) is 0 Å². The van der Waals surface area contributed by atoms with Crippen LogP contribution in [0.1, 0.15) is 11.1 Å². The summed E-state index contributed by atoms with van der Waals surface area (Å²) in [6.07, 6.45) is -12.5. The van der Waals surface area contributed by atoms with Gasteiger partial charge in [0.1, 0.15) is 0 Å². The first-order chi connectivity index (χ1) is 11.8. The van der Waals surface area contributed by atoms with Crippen LogP contribution >= 0.6 is 31.9 Å². The van der Waals surface area contributed by atoms with E-state index in [2.05, 4.69) is 31.9 Å². The smallest absolute Gasteiger partial charge is 0.218 e. The Kier molecular flexibility index (Phi) is 5.46. The number of rotatable bonds is 2. The Balaban J connectivity index is 2.95. The van der Waals surface area contributed by atoms with Gasteiger partial charge in [-0.05, 0) is 29.8 Å². The largest absolute Gasteiger partial charge is 0.435 e. The number of hydrogen-bond donors (Lipinski definition) is 0. The van der Waals surface area contributed by atoms with Gasteiger partial charge in [0.2, 0.25) is 0 Å². The van der Waals surface area contributed by atoms with Crippen LogP contribution in [0.3, 0.4) is 0 Å². The average molecular weight is 505 g/mol. The molecule has 0 saturated heterocycles. The Morgan fingerprint density at radius 3 is 1.92 bits per heavy atom. The Labute approximate surface area is 159 Å². The third-order valence-electron chi connectivity index (χ3n) is 3.49. The van der Waals surface area contributed by atoms with Crippen LogP contribution < -0.4 is 0 Å². The average Bonchev–Trinajstić information content (AvgIpc) is 2.51. The highest BCUT2D eigenvalue weighted by Crippen LogP contribution is 2.56. The Hall–Kier alpha value is -1.60. The van der Waals surface area contributed by atoms with E-state index in [1.807, 2.05) is 0 Å². The molecular formula is C16H6Br2F7N. The Morgan fingerprint density at radius 1 is 0.846 bits per heavy atom. The van der Waals surface area contributed by atoms with Gasteiger partial charge in [-0.2, -0.15) is 31.6 Å². The van der Waals surface area contributed by atoms with Gasteiger partial charge in [0.25, 0.3) is 0 Å². The maximum absolute atomic E-state index is 14.7. The second-order valence-corrected chi connectivity index (χ2v) is 6.93. The molecule has 2 rings (SSSR count). The van der Waals surface area contributed by atoms with Crippen LogP contribution in [-0.4, -0.2) is 12.4 Å². The van der Waals surface area contributed by atoms with Gasteiger partial charge in [-0.25, -0.2) is 4.39 Å². The molecule has 26 heavy (non-hydrogen) atoms. The highest BCUT2D eigenvalue weighted by Gasteiger charge is 2.74. The molecule has 0 heterocycles. The van der Waals surface area contributed by atoms with Crippen LogP contribution in [-0.2, 0) is 5.67 Å². The van der Waals surface area contributed by atoms with Gasteiger partial charge in [-0.1, -0.05) is 44.0 Å². The van der Waals surface area contributed by atoms with E-state index >= 15 is 0 Å².